The maximum Gasteiger partial charge on any atom is 0.304 e. The Morgan fingerprint density at radius 1 is 0.875 bits per heavy atom. The Balaban J connectivity index is 2.10. The molecule has 0 aromatic heterocycles. The minimum Gasteiger partial charge on any atom is -0.354 e. The molecule has 3 rings (SSSR count). The van der Waals surface area contributed by atoms with Crippen molar-refractivity contribution in [1.29, 1.82) is 0 Å². The van der Waals surface area contributed by atoms with E-state index in [2.05, 4.69) is 5.32 Å². The Kier molecular flexibility index (Phi) is 10.7. The van der Waals surface area contributed by atoms with E-state index < -0.39 is 46.2 Å². The number of anilines is 1. The molecule has 1 atom stereocenters. The van der Waals surface area contributed by atoms with Gasteiger partial charge in [0.15, 0.2) is 0 Å². The molecule has 0 heterocycles. The van der Waals surface area contributed by atoms with Gasteiger partial charge in [-0.2, -0.15) is 12.7 Å². The van der Waals surface area contributed by atoms with Crippen LogP contribution in [0.2, 0.25) is 0 Å². The summed E-state index contributed by atoms with van der Waals surface area (Å²) in [5.41, 5.74) is 0.563. The summed E-state index contributed by atoms with van der Waals surface area (Å²) in [6.45, 7) is 1.10. The van der Waals surface area contributed by atoms with E-state index in [1.54, 1.807) is 30.3 Å². The van der Waals surface area contributed by atoms with Crippen molar-refractivity contribution in [3.05, 3.63) is 102 Å². The first kappa shape index (κ1) is 30.7. The molecule has 40 heavy (non-hydrogen) atoms. The fraction of sp³-hybridized carbons (Fsp3) is 0.310. The molecular weight excluding hydrogens is 538 g/mol. The van der Waals surface area contributed by atoms with Crippen molar-refractivity contribution in [2.75, 3.05) is 31.5 Å². The third-order valence-electron chi connectivity index (χ3n) is 6.26. The molecular formula is C29H34F2N4O4S. The number of benzene rings is 3. The smallest absolute Gasteiger partial charge is 0.304 e. The van der Waals surface area contributed by atoms with Crippen LogP contribution in [0.3, 0.4) is 0 Å². The highest BCUT2D eigenvalue weighted by molar-refractivity contribution is 7.90. The van der Waals surface area contributed by atoms with Crippen LogP contribution in [0.4, 0.5) is 14.5 Å². The molecule has 0 fully saturated rings. The van der Waals surface area contributed by atoms with Gasteiger partial charge in [-0.15, -0.1) is 0 Å². The Morgan fingerprint density at radius 2 is 1.48 bits per heavy atom. The number of hydrogen-bond donors (Lipinski definition) is 1. The van der Waals surface area contributed by atoms with E-state index >= 15 is 0 Å². The van der Waals surface area contributed by atoms with Crippen molar-refractivity contribution < 1.29 is 26.8 Å². The average molecular weight is 573 g/mol. The molecule has 1 N–H and O–H groups in total. The number of para-hydroxylation sites is 1. The molecule has 3 aromatic rings. The number of nitrogens with one attached hydrogen (secondary N) is 1. The van der Waals surface area contributed by atoms with Gasteiger partial charge in [0.05, 0.1) is 5.69 Å². The lowest BCUT2D eigenvalue weighted by atomic mass is 10.0. The highest BCUT2D eigenvalue weighted by Gasteiger charge is 2.35. The summed E-state index contributed by atoms with van der Waals surface area (Å²) in [5.74, 6) is -2.70. The lowest BCUT2D eigenvalue weighted by Crippen LogP contribution is -2.54. The zero-order valence-corrected chi connectivity index (χ0v) is 23.6. The van der Waals surface area contributed by atoms with Crippen molar-refractivity contribution in [3.63, 3.8) is 0 Å². The minimum atomic E-state index is -4.34. The Labute approximate surface area is 234 Å². The molecule has 214 valence electrons. The molecule has 0 aliphatic carbocycles. The first-order valence-electron chi connectivity index (χ1n) is 12.9. The predicted octanol–water partition coefficient (Wildman–Crippen LogP) is 3.74. The van der Waals surface area contributed by atoms with E-state index in [0.29, 0.717) is 17.3 Å². The number of nitrogens with zero attached hydrogens (tertiary/aromatic N) is 3. The Bertz CT molecular complexity index is 1400. The second-order valence-electron chi connectivity index (χ2n) is 9.36. The van der Waals surface area contributed by atoms with E-state index in [4.69, 9.17) is 0 Å². The first-order chi connectivity index (χ1) is 19.1. The van der Waals surface area contributed by atoms with Gasteiger partial charge >= 0.3 is 10.2 Å². The second kappa shape index (κ2) is 14.0. The average Bonchev–Trinajstić information content (AvgIpc) is 2.94. The minimum absolute atomic E-state index is 0.0940. The predicted molar refractivity (Wildman–Crippen MR) is 151 cm³/mol. The second-order valence-corrected chi connectivity index (χ2v) is 11.4. The van der Waals surface area contributed by atoms with Gasteiger partial charge in [-0.1, -0.05) is 67.6 Å². The number of rotatable bonds is 13. The van der Waals surface area contributed by atoms with Crippen LogP contribution >= 0.6 is 0 Å². The van der Waals surface area contributed by atoms with E-state index in [0.717, 1.165) is 20.8 Å². The summed E-state index contributed by atoms with van der Waals surface area (Å²) >= 11 is 0. The summed E-state index contributed by atoms with van der Waals surface area (Å²) < 4.78 is 57.7. The summed E-state index contributed by atoms with van der Waals surface area (Å²) in [6, 6.07) is 18.9. The van der Waals surface area contributed by atoms with Gasteiger partial charge in [-0.25, -0.2) is 13.1 Å². The first-order valence-corrected chi connectivity index (χ1v) is 14.2. The van der Waals surface area contributed by atoms with Gasteiger partial charge in [-0.3, -0.25) is 9.59 Å². The van der Waals surface area contributed by atoms with Crippen LogP contribution in [0, 0.1) is 11.6 Å². The van der Waals surface area contributed by atoms with Crippen molar-refractivity contribution in [1.82, 2.24) is 14.5 Å². The quantitative estimate of drug-likeness (QED) is 0.338. The number of carbonyl (C=O) groups is 2. The molecule has 2 amide bonds. The summed E-state index contributed by atoms with van der Waals surface area (Å²) in [4.78, 5) is 28.6. The van der Waals surface area contributed by atoms with Crippen LogP contribution in [0.25, 0.3) is 0 Å². The van der Waals surface area contributed by atoms with Crippen molar-refractivity contribution in [2.45, 2.75) is 32.4 Å². The highest BCUT2D eigenvalue weighted by atomic mass is 32.2. The largest absolute Gasteiger partial charge is 0.354 e. The van der Waals surface area contributed by atoms with E-state index in [9.17, 15) is 26.8 Å². The van der Waals surface area contributed by atoms with Crippen molar-refractivity contribution in [3.8, 4) is 0 Å². The van der Waals surface area contributed by atoms with E-state index in [1.165, 1.54) is 50.5 Å². The number of carbonyl (C=O) groups excluding carboxylic acids is 2. The van der Waals surface area contributed by atoms with Gasteiger partial charge in [0.2, 0.25) is 11.8 Å². The van der Waals surface area contributed by atoms with E-state index in [1.807, 2.05) is 13.0 Å². The van der Waals surface area contributed by atoms with Gasteiger partial charge in [0.1, 0.15) is 24.2 Å². The maximum atomic E-state index is 14.8. The molecule has 0 aliphatic rings. The molecule has 8 nitrogen and oxygen atoms in total. The standard InChI is InChI=1S/C29H34F2N4O4S/c1-4-18-32-29(37)27(19-22-12-6-5-7-13-22)34(20-23-14-8-9-15-24(23)30)28(36)21-35(40(38,39)33(2)3)26-17-11-10-16-25(26)31/h5-17,27H,4,18-21H2,1-3H3,(H,32,37)/t27-/m1/s1. The highest BCUT2D eigenvalue weighted by Crippen LogP contribution is 2.24. The molecule has 0 saturated carbocycles. The number of halogens is 2. The number of hydrogen-bond acceptors (Lipinski definition) is 4. The monoisotopic (exact) mass is 572 g/mol. The van der Waals surface area contributed by atoms with Crippen molar-refractivity contribution in [2.24, 2.45) is 0 Å². The Morgan fingerprint density at radius 3 is 2.08 bits per heavy atom. The SMILES string of the molecule is CCCNC(=O)[C@@H](Cc1ccccc1)N(Cc1ccccc1F)C(=O)CN(c1ccccc1F)S(=O)(=O)N(C)C. The topological polar surface area (TPSA) is 90.0 Å². The summed E-state index contributed by atoms with van der Waals surface area (Å²) in [7, 11) is -1.81. The van der Waals surface area contributed by atoms with Crippen LogP contribution in [0.5, 0.6) is 0 Å². The molecule has 0 aliphatic heterocycles. The molecule has 11 heteroatoms. The Hall–Kier alpha value is -3.83. The third kappa shape index (κ3) is 7.64. The molecule has 0 spiro atoms. The number of amides is 2. The fourth-order valence-corrected chi connectivity index (χ4v) is 5.15. The molecule has 0 unspecified atom stereocenters. The van der Waals surface area contributed by atoms with Gasteiger partial charge in [0, 0.05) is 39.2 Å². The normalized spacial score (nSPS) is 12.2. The van der Waals surface area contributed by atoms with Crippen LogP contribution < -0.4 is 9.62 Å². The zero-order chi connectivity index (χ0) is 29.3. The molecule has 3 aromatic carbocycles. The maximum absolute atomic E-state index is 14.8. The van der Waals surface area contributed by atoms with Gasteiger partial charge in [-0.05, 0) is 30.2 Å². The summed E-state index contributed by atoms with van der Waals surface area (Å²) in [5, 5.41) is 2.80. The lowest BCUT2D eigenvalue weighted by molar-refractivity contribution is -0.140. The van der Waals surface area contributed by atoms with Crippen LogP contribution in [0.1, 0.15) is 24.5 Å². The van der Waals surface area contributed by atoms with Crippen molar-refractivity contribution >= 4 is 27.7 Å². The zero-order valence-electron chi connectivity index (χ0n) is 22.8. The molecule has 0 radical (unpaired) electrons. The van der Waals surface area contributed by atoms with Gasteiger partial charge < -0.3 is 10.2 Å². The lowest BCUT2D eigenvalue weighted by Gasteiger charge is -2.34. The molecule has 0 bridgehead atoms. The van der Waals surface area contributed by atoms with Crippen LogP contribution in [-0.2, 0) is 32.8 Å². The van der Waals surface area contributed by atoms with Gasteiger partial charge in [0.25, 0.3) is 0 Å². The fourth-order valence-electron chi connectivity index (χ4n) is 4.09. The van der Waals surface area contributed by atoms with Crippen LogP contribution in [-0.4, -0.2) is 62.7 Å². The van der Waals surface area contributed by atoms with E-state index in [-0.39, 0.29) is 24.2 Å². The van der Waals surface area contributed by atoms with Crippen LogP contribution in [0.15, 0.2) is 78.9 Å². The molecule has 0 saturated heterocycles. The summed E-state index contributed by atoms with van der Waals surface area (Å²) in [6.07, 6.45) is 0.740. The third-order valence-corrected chi connectivity index (χ3v) is 8.06.